The second-order valence-corrected chi connectivity index (χ2v) is 7.74. The second kappa shape index (κ2) is 10.7. The van der Waals surface area contributed by atoms with E-state index in [-0.39, 0.29) is 17.7 Å². The van der Waals surface area contributed by atoms with Gasteiger partial charge in [-0.05, 0) is 42.3 Å². The molecule has 2 amide bonds. The lowest BCUT2D eigenvalue weighted by Gasteiger charge is -2.21. The van der Waals surface area contributed by atoms with Gasteiger partial charge in [0.25, 0.3) is 5.91 Å². The van der Waals surface area contributed by atoms with Gasteiger partial charge in [-0.1, -0.05) is 54.1 Å². The van der Waals surface area contributed by atoms with E-state index in [1.807, 2.05) is 19.1 Å². The van der Waals surface area contributed by atoms with Crippen LogP contribution in [-0.4, -0.2) is 18.2 Å². The fourth-order valence-corrected chi connectivity index (χ4v) is 3.17. The van der Waals surface area contributed by atoms with Crippen LogP contribution in [0.5, 0.6) is 0 Å². The Hall–Kier alpha value is -4.01. The largest absolute Gasteiger partial charge is 0.445 e. The summed E-state index contributed by atoms with van der Waals surface area (Å²) in [7, 11) is 0. The lowest BCUT2D eigenvalue weighted by Crippen LogP contribution is -2.32. The van der Waals surface area contributed by atoms with E-state index in [9.17, 15) is 22.8 Å². The standard InChI is InChI=1S/C25H24F3N3O3/c1-16-6-8-17(9-7-16)15-34-24(33)31-22(14-25(26,27)28)18-10-12-19(13-11-18)23(32)30-21-5-3-2-4-20(21)29/h2-13,22H,14-15,29H2,1H3,(H,30,32)(H,31,33)/t22-/m1/s1. The Bertz CT molecular complexity index is 1130. The van der Waals surface area contributed by atoms with Gasteiger partial charge in [-0.3, -0.25) is 4.79 Å². The molecule has 0 radical (unpaired) electrons. The lowest BCUT2D eigenvalue weighted by atomic mass is 10.0. The summed E-state index contributed by atoms with van der Waals surface area (Å²) in [5, 5.41) is 4.92. The number of carbonyl (C=O) groups excluding carboxylic acids is 2. The number of hydrogen-bond acceptors (Lipinski definition) is 4. The van der Waals surface area contributed by atoms with Gasteiger partial charge in [0, 0.05) is 5.56 Å². The summed E-state index contributed by atoms with van der Waals surface area (Å²) in [5.41, 5.74) is 8.76. The molecule has 4 N–H and O–H groups in total. The van der Waals surface area contributed by atoms with Gasteiger partial charge in [0.15, 0.2) is 0 Å². The normalized spacial score (nSPS) is 12.0. The molecular weight excluding hydrogens is 447 g/mol. The maximum Gasteiger partial charge on any atom is 0.407 e. The number of nitrogens with two attached hydrogens (primary N) is 1. The number of nitrogen functional groups attached to an aromatic ring is 1. The number of ether oxygens (including phenoxy) is 1. The molecule has 3 aromatic rings. The lowest BCUT2D eigenvalue weighted by molar-refractivity contribution is -0.140. The van der Waals surface area contributed by atoms with Crippen LogP contribution < -0.4 is 16.4 Å². The highest BCUT2D eigenvalue weighted by Gasteiger charge is 2.34. The molecule has 0 fully saturated rings. The first-order valence-corrected chi connectivity index (χ1v) is 10.4. The first kappa shape index (κ1) is 24.6. The molecule has 0 bridgehead atoms. The fourth-order valence-electron chi connectivity index (χ4n) is 3.17. The van der Waals surface area contributed by atoms with Gasteiger partial charge < -0.3 is 21.1 Å². The van der Waals surface area contributed by atoms with E-state index in [0.29, 0.717) is 16.9 Å². The first-order valence-electron chi connectivity index (χ1n) is 10.4. The number of alkyl halides is 3. The predicted molar refractivity (Wildman–Crippen MR) is 123 cm³/mol. The second-order valence-electron chi connectivity index (χ2n) is 7.74. The summed E-state index contributed by atoms with van der Waals surface area (Å²) in [4.78, 5) is 24.6. The number of halogens is 3. The van der Waals surface area contributed by atoms with Gasteiger partial charge in [0.2, 0.25) is 0 Å². The van der Waals surface area contributed by atoms with E-state index in [1.165, 1.54) is 24.3 Å². The van der Waals surface area contributed by atoms with Gasteiger partial charge >= 0.3 is 12.3 Å². The minimum Gasteiger partial charge on any atom is -0.445 e. The zero-order valence-corrected chi connectivity index (χ0v) is 18.4. The Morgan fingerprint density at radius 2 is 1.62 bits per heavy atom. The summed E-state index contributed by atoms with van der Waals surface area (Å²) < 4.78 is 44.5. The summed E-state index contributed by atoms with van der Waals surface area (Å²) >= 11 is 0. The van der Waals surface area contributed by atoms with Crippen LogP contribution in [0, 0.1) is 6.92 Å². The molecule has 0 saturated heterocycles. The zero-order chi connectivity index (χ0) is 24.7. The van der Waals surface area contributed by atoms with E-state index in [1.54, 1.807) is 36.4 Å². The quantitative estimate of drug-likeness (QED) is 0.383. The van der Waals surface area contributed by atoms with E-state index >= 15 is 0 Å². The molecule has 0 aliphatic heterocycles. The Morgan fingerprint density at radius 1 is 0.971 bits per heavy atom. The highest BCUT2D eigenvalue weighted by atomic mass is 19.4. The van der Waals surface area contributed by atoms with Gasteiger partial charge in [-0.25, -0.2) is 4.79 Å². The number of anilines is 2. The fraction of sp³-hybridized carbons (Fsp3) is 0.200. The van der Waals surface area contributed by atoms with Crippen molar-refractivity contribution < 1.29 is 27.5 Å². The van der Waals surface area contributed by atoms with Crippen molar-refractivity contribution in [2.24, 2.45) is 0 Å². The van der Waals surface area contributed by atoms with Gasteiger partial charge in [-0.15, -0.1) is 0 Å². The average molecular weight is 471 g/mol. The van der Waals surface area contributed by atoms with Crippen LogP contribution >= 0.6 is 0 Å². The van der Waals surface area contributed by atoms with Crippen LogP contribution in [0.1, 0.15) is 39.5 Å². The van der Waals surface area contributed by atoms with Crippen molar-refractivity contribution >= 4 is 23.4 Å². The molecule has 0 aliphatic carbocycles. The number of benzene rings is 3. The van der Waals surface area contributed by atoms with Crippen molar-refractivity contribution in [2.45, 2.75) is 32.2 Å². The number of carbonyl (C=O) groups is 2. The van der Waals surface area contributed by atoms with E-state index in [2.05, 4.69) is 10.6 Å². The van der Waals surface area contributed by atoms with Crippen molar-refractivity contribution in [1.29, 1.82) is 0 Å². The van der Waals surface area contributed by atoms with E-state index in [4.69, 9.17) is 10.5 Å². The number of rotatable bonds is 7. The monoisotopic (exact) mass is 471 g/mol. The van der Waals surface area contributed by atoms with E-state index in [0.717, 1.165) is 5.56 Å². The van der Waals surface area contributed by atoms with Crippen molar-refractivity contribution in [3.63, 3.8) is 0 Å². The van der Waals surface area contributed by atoms with Crippen molar-refractivity contribution in [3.8, 4) is 0 Å². The van der Waals surface area contributed by atoms with Crippen LogP contribution in [0.2, 0.25) is 0 Å². The highest BCUT2D eigenvalue weighted by Crippen LogP contribution is 2.30. The van der Waals surface area contributed by atoms with Crippen LogP contribution in [0.4, 0.5) is 29.3 Å². The molecule has 34 heavy (non-hydrogen) atoms. The van der Waals surface area contributed by atoms with Gasteiger partial charge in [0.05, 0.1) is 23.8 Å². The number of amides is 2. The number of hydrogen-bond donors (Lipinski definition) is 3. The minimum absolute atomic E-state index is 0.0768. The Morgan fingerprint density at radius 3 is 2.24 bits per heavy atom. The maximum atomic E-state index is 13.1. The molecule has 1 atom stereocenters. The predicted octanol–water partition coefficient (Wildman–Crippen LogP) is 5.75. The number of para-hydroxylation sites is 2. The highest BCUT2D eigenvalue weighted by molar-refractivity contribution is 6.05. The number of nitrogens with one attached hydrogen (secondary N) is 2. The Labute approximate surface area is 194 Å². The molecule has 3 aromatic carbocycles. The molecule has 0 aromatic heterocycles. The summed E-state index contributed by atoms with van der Waals surface area (Å²) in [6.07, 6.45) is -6.80. The molecule has 178 valence electrons. The minimum atomic E-state index is -4.53. The summed E-state index contributed by atoms with van der Waals surface area (Å²) in [6, 6.07) is 18.0. The summed E-state index contributed by atoms with van der Waals surface area (Å²) in [5.74, 6) is -0.470. The third-order valence-electron chi connectivity index (χ3n) is 5.00. The molecule has 0 saturated carbocycles. The average Bonchev–Trinajstić information content (AvgIpc) is 2.79. The Kier molecular flexibility index (Phi) is 7.78. The number of aryl methyl sites for hydroxylation is 1. The Balaban J connectivity index is 1.67. The zero-order valence-electron chi connectivity index (χ0n) is 18.4. The van der Waals surface area contributed by atoms with Crippen LogP contribution in [0.15, 0.2) is 72.8 Å². The first-order chi connectivity index (χ1) is 16.1. The van der Waals surface area contributed by atoms with Crippen LogP contribution in [-0.2, 0) is 11.3 Å². The maximum absolute atomic E-state index is 13.1. The van der Waals surface area contributed by atoms with Gasteiger partial charge in [0.1, 0.15) is 6.61 Å². The van der Waals surface area contributed by atoms with Crippen LogP contribution in [0.25, 0.3) is 0 Å². The molecule has 0 unspecified atom stereocenters. The van der Waals surface area contributed by atoms with Crippen molar-refractivity contribution in [1.82, 2.24) is 5.32 Å². The van der Waals surface area contributed by atoms with Crippen LogP contribution in [0.3, 0.4) is 0 Å². The van der Waals surface area contributed by atoms with Crippen molar-refractivity contribution in [2.75, 3.05) is 11.1 Å². The molecule has 9 heteroatoms. The summed E-state index contributed by atoms with van der Waals surface area (Å²) in [6.45, 7) is 1.83. The van der Waals surface area contributed by atoms with E-state index < -0.39 is 30.6 Å². The molecule has 3 rings (SSSR count). The smallest absolute Gasteiger partial charge is 0.407 e. The van der Waals surface area contributed by atoms with Crippen molar-refractivity contribution in [3.05, 3.63) is 95.1 Å². The molecule has 0 aliphatic rings. The SMILES string of the molecule is Cc1ccc(COC(=O)N[C@H](CC(F)(F)F)c2ccc(C(=O)Nc3ccccc3N)cc2)cc1. The van der Waals surface area contributed by atoms with Gasteiger partial charge in [-0.2, -0.15) is 13.2 Å². The molecule has 6 nitrogen and oxygen atoms in total. The third kappa shape index (κ3) is 7.26. The number of alkyl carbamates (subject to hydrolysis) is 1. The molecule has 0 heterocycles. The molecular formula is C25H24F3N3O3. The topological polar surface area (TPSA) is 93.4 Å². The third-order valence-corrected chi connectivity index (χ3v) is 5.00. The molecule has 0 spiro atoms.